The van der Waals surface area contributed by atoms with Gasteiger partial charge in [0.25, 0.3) is 0 Å². The molecule has 1 aliphatic heterocycles. The molecule has 2 nitrogen and oxygen atoms in total. The number of amides is 1. The van der Waals surface area contributed by atoms with Crippen LogP contribution in [0.3, 0.4) is 0 Å². The van der Waals surface area contributed by atoms with Gasteiger partial charge in [-0.1, -0.05) is 34.6 Å². The summed E-state index contributed by atoms with van der Waals surface area (Å²) in [5.41, 5.74) is -0.231. The van der Waals surface area contributed by atoms with Crippen LogP contribution >= 0.6 is 0 Å². The van der Waals surface area contributed by atoms with Gasteiger partial charge >= 0.3 is 0 Å². The van der Waals surface area contributed by atoms with Gasteiger partial charge in [-0.05, 0) is 25.7 Å². The van der Waals surface area contributed by atoms with Crippen molar-refractivity contribution in [2.24, 2.45) is 5.41 Å². The predicted octanol–water partition coefficient (Wildman–Crippen LogP) is 3.21. The maximum absolute atomic E-state index is 12.3. The monoisotopic (exact) mass is 211 g/mol. The Labute approximate surface area is 94.0 Å². The van der Waals surface area contributed by atoms with Crippen molar-refractivity contribution in [3.05, 3.63) is 0 Å². The largest absolute Gasteiger partial charge is 0.336 e. The fourth-order valence-corrected chi connectivity index (χ4v) is 2.48. The van der Waals surface area contributed by atoms with Crippen LogP contribution in [0.25, 0.3) is 0 Å². The zero-order valence-corrected chi connectivity index (χ0v) is 10.8. The van der Waals surface area contributed by atoms with Crippen molar-refractivity contribution in [3.8, 4) is 0 Å². The lowest BCUT2D eigenvalue weighted by atomic mass is 9.93. The molecule has 2 heteroatoms. The minimum absolute atomic E-state index is 0.231. The molecule has 0 aromatic heterocycles. The highest BCUT2D eigenvalue weighted by Crippen LogP contribution is 2.32. The van der Waals surface area contributed by atoms with Crippen LogP contribution in [0.4, 0.5) is 0 Å². The molecule has 0 saturated carbocycles. The molecule has 0 unspecified atom stereocenters. The lowest BCUT2D eigenvalue weighted by Gasteiger charge is -2.34. The average Bonchev–Trinajstić information content (AvgIpc) is 2.57. The van der Waals surface area contributed by atoms with Crippen molar-refractivity contribution < 1.29 is 4.79 Å². The van der Waals surface area contributed by atoms with Gasteiger partial charge in [0.2, 0.25) is 5.91 Å². The lowest BCUT2D eigenvalue weighted by molar-refractivity contribution is -0.142. The summed E-state index contributed by atoms with van der Waals surface area (Å²) in [4.78, 5) is 14.5. The number of likely N-dealkylation sites (tertiary alicyclic amines) is 1. The zero-order chi connectivity index (χ0) is 11.6. The van der Waals surface area contributed by atoms with E-state index in [4.69, 9.17) is 0 Å². The van der Waals surface area contributed by atoms with E-state index < -0.39 is 0 Å². The van der Waals surface area contributed by atoms with E-state index in [9.17, 15) is 4.79 Å². The molecule has 0 aliphatic carbocycles. The Morgan fingerprint density at radius 2 is 1.53 bits per heavy atom. The standard InChI is InChI=1S/C13H25NO/c1-6-10-8-9-11(7-2)14(10)12(15)13(3,4)5/h10-11H,6-9H2,1-5H3/t10-,11-/m1/s1. The summed E-state index contributed by atoms with van der Waals surface area (Å²) in [6.45, 7) is 10.4. The van der Waals surface area contributed by atoms with Crippen LogP contribution in [-0.2, 0) is 4.79 Å². The second-order valence-electron chi connectivity index (χ2n) is 5.66. The van der Waals surface area contributed by atoms with Gasteiger partial charge in [-0.3, -0.25) is 4.79 Å². The van der Waals surface area contributed by atoms with Crippen LogP contribution in [0.1, 0.15) is 60.3 Å². The van der Waals surface area contributed by atoms with Crippen molar-refractivity contribution in [2.75, 3.05) is 0 Å². The summed E-state index contributed by atoms with van der Waals surface area (Å²) in [7, 11) is 0. The summed E-state index contributed by atoms with van der Waals surface area (Å²) in [5, 5.41) is 0. The molecule has 1 heterocycles. The maximum atomic E-state index is 12.3. The Morgan fingerprint density at radius 3 is 1.80 bits per heavy atom. The average molecular weight is 211 g/mol. The van der Waals surface area contributed by atoms with Gasteiger partial charge in [-0.25, -0.2) is 0 Å². The van der Waals surface area contributed by atoms with Crippen molar-refractivity contribution >= 4 is 5.91 Å². The van der Waals surface area contributed by atoms with Crippen LogP contribution < -0.4 is 0 Å². The SMILES string of the molecule is CC[C@@H]1CC[C@@H](CC)N1C(=O)C(C)(C)C. The molecule has 1 amide bonds. The summed E-state index contributed by atoms with van der Waals surface area (Å²) in [6, 6.07) is 0.975. The molecule has 2 atom stereocenters. The fourth-order valence-electron chi connectivity index (χ4n) is 2.48. The molecule has 0 aromatic rings. The van der Waals surface area contributed by atoms with Gasteiger partial charge < -0.3 is 4.90 Å². The Bertz CT molecular complexity index is 217. The topological polar surface area (TPSA) is 20.3 Å². The first-order valence-electron chi connectivity index (χ1n) is 6.24. The summed E-state index contributed by atoms with van der Waals surface area (Å²) in [6.07, 6.45) is 4.57. The minimum Gasteiger partial charge on any atom is -0.336 e. The van der Waals surface area contributed by atoms with Crippen molar-refractivity contribution in [3.63, 3.8) is 0 Å². The molecule has 15 heavy (non-hydrogen) atoms. The molecule has 0 aromatic carbocycles. The van der Waals surface area contributed by atoms with Crippen LogP contribution in [-0.4, -0.2) is 22.9 Å². The fraction of sp³-hybridized carbons (Fsp3) is 0.923. The Morgan fingerprint density at radius 1 is 1.13 bits per heavy atom. The first kappa shape index (κ1) is 12.5. The lowest BCUT2D eigenvalue weighted by Crippen LogP contribution is -2.46. The van der Waals surface area contributed by atoms with Crippen molar-refractivity contribution in [1.29, 1.82) is 0 Å². The number of hydrogen-bond donors (Lipinski definition) is 0. The van der Waals surface area contributed by atoms with Gasteiger partial charge in [-0.2, -0.15) is 0 Å². The molecule has 0 spiro atoms. The smallest absolute Gasteiger partial charge is 0.228 e. The van der Waals surface area contributed by atoms with Gasteiger partial charge in [-0.15, -0.1) is 0 Å². The molecule has 1 saturated heterocycles. The van der Waals surface area contributed by atoms with Gasteiger partial charge in [0.05, 0.1) is 0 Å². The van der Waals surface area contributed by atoms with Crippen molar-refractivity contribution in [2.45, 2.75) is 72.4 Å². The van der Waals surface area contributed by atoms with E-state index in [1.165, 1.54) is 12.8 Å². The number of hydrogen-bond acceptors (Lipinski definition) is 1. The Balaban J connectivity index is 2.83. The third-order valence-corrected chi connectivity index (χ3v) is 3.44. The molecule has 0 radical (unpaired) electrons. The van der Waals surface area contributed by atoms with Gasteiger partial charge in [0, 0.05) is 17.5 Å². The molecule has 1 fully saturated rings. The summed E-state index contributed by atoms with van der Waals surface area (Å²) in [5.74, 6) is 0.332. The van der Waals surface area contributed by atoms with Crippen LogP contribution in [0.5, 0.6) is 0 Å². The number of carbonyl (C=O) groups is 1. The van der Waals surface area contributed by atoms with Crippen LogP contribution in [0.2, 0.25) is 0 Å². The van der Waals surface area contributed by atoms with Gasteiger partial charge in [0.15, 0.2) is 0 Å². The van der Waals surface area contributed by atoms with E-state index in [0.717, 1.165) is 12.8 Å². The van der Waals surface area contributed by atoms with E-state index in [-0.39, 0.29) is 5.41 Å². The van der Waals surface area contributed by atoms with E-state index in [2.05, 4.69) is 18.7 Å². The highest BCUT2D eigenvalue weighted by atomic mass is 16.2. The van der Waals surface area contributed by atoms with E-state index in [0.29, 0.717) is 18.0 Å². The normalized spacial score (nSPS) is 27.1. The first-order chi connectivity index (χ1) is 6.91. The zero-order valence-electron chi connectivity index (χ0n) is 10.8. The molecule has 0 N–H and O–H groups in total. The highest BCUT2D eigenvalue weighted by Gasteiger charge is 2.39. The minimum atomic E-state index is -0.231. The Kier molecular flexibility index (Phi) is 3.80. The number of carbonyl (C=O) groups excluding carboxylic acids is 1. The van der Waals surface area contributed by atoms with E-state index in [1.54, 1.807) is 0 Å². The molecule has 1 rings (SSSR count). The highest BCUT2D eigenvalue weighted by molar-refractivity contribution is 5.82. The summed E-state index contributed by atoms with van der Waals surface area (Å²) >= 11 is 0. The van der Waals surface area contributed by atoms with E-state index >= 15 is 0 Å². The molecular formula is C13H25NO. The van der Waals surface area contributed by atoms with Crippen molar-refractivity contribution in [1.82, 2.24) is 4.90 Å². The third kappa shape index (κ3) is 2.53. The first-order valence-corrected chi connectivity index (χ1v) is 6.24. The molecular weight excluding hydrogens is 186 g/mol. The van der Waals surface area contributed by atoms with Crippen LogP contribution in [0.15, 0.2) is 0 Å². The number of rotatable bonds is 2. The molecule has 1 aliphatic rings. The second kappa shape index (κ2) is 4.54. The van der Waals surface area contributed by atoms with Crippen LogP contribution in [0, 0.1) is 5.41 Å². The molecule has 88 valence electrons. The predicted molar refractivity (Wildman–Crippen MR) is 63.7 cm³/mol. The summed E-state index contributed by atoms with van der Waals surface area (Å²) < 4.78 is 0. The molecule has 0 bridgehead atoms. The second-order valence-corrected chi connectivity index (χ2v) is 5.66. The quantitative estimate of drug-likeness (QED) is 0.687. The Hall–Kier alpha value is -0.530. The maximum Gasteiger partial charge on any atom is 0.228 e. The third-order valence-electron chi connectivity index (χ3n) is 3.44. The van der Waals surface area contributed by atoms with E-state index in [1.807, 2.05) is 20.8 Å². The van der Waals surface area contributed by atoms with Gasteiger partial charge in [0.1, 0.15) is 0 Å². The number of nitrogens with zero attached hydrogens (tertiary/aromatic N) is 1.